The van der Waals surface area contributed by atoms with Gasteiger partial charge >= 0.3 is 11.9 Å². The van der Waals surface area contributed by atoms with E-state index in [1.54, 1.807) is 24.4 Å². The van der Waals surface area contributed by atoms with Crippen LogP contribution in [-0.4, -0.2) is 47.7 Å². The van der Waals surface area contributed by atoms with Crippen molar-refractivity contribution in [1.29, 1.82) is 0 Å². The molecule has 0 bridgehead atoms. The summed E-state index contributed by atoms with van der Waals surface area (Å²) < 4.78 is 16.0. The highest BCUT2D eigenvalue weighted by atomic mass is 32.1. The van der Waals surface area contributed by atoms with E-state index in [0.717, 1.165) is 5.69 Å². The number of thiocarbonyl (C=S) groups is 1. The van der Waals surface area contributed by atoms with Crippen molar-refractivity contribution in [2.24, 2.45) is 0 Å². The molecule has 0 saturated carbocycles. The molecular formula is C24H23N3O5S. The molecule has 8 nitrogen and oxygen atoms in total. The van der Waals surface area contributed by atoms with Crippen LogP contribution in [0.2, 0.25) is 0 Å². The third-order valence-corrected chi connectivity index (χ3v) is 5.85. The standard InChI is InChI=1S/C24H23N3O5S/c1-30-20(28)12-14-27-22(21(26-24(27)33)17-9-5-6-13-25-17)19-11-10-18(32-19)15-7-3-4-8-16(15)23(29)31-2/h3-11,13,21-22H,12,14H2,1-2H3,(H,26,33)/t21-,22-/m0/s1. The summed E-state index contributed by atoms with van der Waals surface area (Å²) in [5.41, 5.74) is 1.82. The lowest BCUT2D eigenvalue weighted by atomic mass is 10.0. The summed E-state index contributed by atoms with van der Waals surface area (Å²) in [5.74, 6) is 0.373. The van der Waals surface area contributed by atoms with Crippen LogP contribution in [0, 0.1) is 0 Å². The van der Waals surface area contributed by atoms with E-state index in [4.69, 9.17) is 26.1 Å². The third-order valence-electron chi connectivity index (χ3n) is 5.50. The third kappa shape index (κ3) is 4.58. The highest BCUT2D eigenvalue weighted by molar-refractivity contribution is 7.80. The summed E-state index contributed by atoms with van der Waals surface area (Å²) >= 11 is 5.59. The molecule has 0 aliphatic carbocycles. The number of carbonyl (C=O) groups is 2. The van der Waals surface area contributed by atoms with Crippen LogP contribution in [0.15, 0.2) is 65.2 Å². The van der Waals surface area contributed by atoms with Crippen molar-refractivity contribution in [3.05, 3.63) is 77.8 Å². The van der Waals surface area contributed by atoms with Gasteiger partial charge in [-0.1, -0.05) is 24.3 Å². The van der Waals surface area contributed by atoms with Crippen LogP contribution in [0.1, 0.15) is 40.3 Å². The predicted octanol–water partition coefficient (Wildman–Crippen LogP) is 3.66. The smallest absolute Gasteiger partial charge is 0.338 e. The molecule has 1 N–H and O–H groups in total. The minimum absolute atomic E-state index is 0.169. The lowest BCUT2D eigenvalue weighted by molar-refractivity contribution is -0.140. The zero-order chi connectivity index (χ0) is 23.4. The number of benzene rings is 1. The highest BCUT2D eigenvalue weighted by Gasteiger charge is 2.41. The van der Waals surface area contributed by atoms with Gasteiger partial charge in [-0.25, -0.2) is 4.79 Å². The normalized spacial score (nSPS) is 17.5. The molecule has 1 aliphatic rings. The number of hydrogen-bond acceptors (Lipinski definition) is 7. The number of nitrogens with zero attached hydrogens (tertiary/aromatic N) is 2. The average Bonchev–Trinajstić information content (AvgIpc) is 3.47. The molecule has 1 fully saturated rings. The van der Waals surface area contributed by atoms with E-state index in [1.165, 1.54) is 14.2 Å². The molecule has 170 valence electrons. The van der Waals surface area contributed by atoms with E-state index in [9.17, 15) is 9.59 Å². The summed E-state index contributed by atoms with van der Waals surface area (Å²) in [4.78, 5) is 30.4. The number of furan rings is 1. The van der Waals surface area contributed by atoms with Gasteiger partial charge < -0.3 is 24.1 Å². The van der Waals surface area contributed by atoms with E-state index in [0.29, 0.717) is 34.3 Å². The van der Waals surface area contributed by atoms with E-state index >= 15 is 0 Å². The number of rotatable bonds is 7. The van der Waals surface area contributed by atoms with Gasteiger partial charge in [-0.15, -0.1) is 0 Å². The van der Waals surface area contributed by atoms with Gasteiger partial charge in [0, 0.05) is 18.3 Å². The molecule has 3 heterocycles. The van der Waals surface area contributed by atoms with Gasteiger partial charge in [0.15, 0.2) is 5.11 Å². The monoisotopic (exact) mass is 465 g/mol. The minimum Gasteiger partial charge on any atom is -0.469 e. The van der Waals surface area contributed by atoms with Crippen molar-refractivity contribution in [3.63, 3.8) is 0 Å². The fourth-order valence-electron chi connectivity index (χ4n) is 3.91. The van der Waals surface area contributed by atoms with Crippen molar-refractivity contribution < 1.29 is 23.5 Å². The SMILES string of the molecule is COC(=O)CCN1C(=S)N[C@@H](c2ccccn2)[C@@H]1c1ccc(-c2ccccc2C(=O)OC)o1. The number of esters is 2. The number of methoxy groups -OCH3 is 2. The lowest BCUT2D eigenvalue weighted by Crippen LogP contribution is -2.31. The molecule has 2 aromatic heterocycles. The van der Waals surface area contributed by atoms with Crippen LogP contribution in [-0.2, 0) is 14.3 Å². The van der Waals surface area contributed by atoms with Crippen molar-refractivity contribution in [2.45, 2.75) is 18.5 Å². The maximum absolute atomic E-state index is 12.2. The fraction of sp³-hybridized carbons (Fsp3) is 0.250. The number of nitrogens with one attached hydrogen (secondary N) is 1. The number of aromatic nitrogens is 1. The van der Waals surface area contributed by atoms with E-state index < -0.39 is 5.97 Å². The second-order valence-electron chi connectivity index (χ2n) is 7.39. The zero-order valence-corrected chi connectivity index (χ0v) is 19.0. The first-order valence-electron chi connectivity index (χ1n) is 10.4. The lowest BCUT2D eigenvalue weighted by Gasteiger charge is -2.25. The molecule has 9 heteroatoms. The Morgan fingerprint density at radius 1 is 1.09 bits per heavy atom. The zero-order valence-electron chi connectivity index (χ0n) is 18.2. The second kappa shape index (κ2) is 9.83. The summed E-state index contributed by atoms with van der Waals surface area (Å²) in [7, 11) is 2.70. The first-order chi connectivity index (χ1) is 16.0. The van der Waals surface area contributed by atoms with Crippen LogP contribution >= 0.6 is 12.2 Å². The van der Waals surface area contributed by atoms with Crippen LogP contribution in [0.25, 0.3) is 11.3 Å². The Morgan fingerprint density at radius 2 is 1.88 bits per heavy atom. The van der Waals surface area contributed by atoms with Crippen LogP contribution in [0.5, 0.6) is 0 Å². The summed E-state index contributed by atoms with van der Waals surface area (Å²) in [6.07, 6.45) is 1.89. The first kappa shape index (κ1) is 22.5. The van der Waals surface area contributed by atoms with Gasteiger partial charge in [-0.3, -0.25) is 9.78 Å². The molecule has 33 heavy (non-hydrogen) atoms. The van der Waals surface area contributed by atoms with Crippen molar-refractivity contribution >= 4 is 29.3 Å². The Kier molecular flexibility index (Phi) is 6.69. The van der Waals surface area contributed by atoms with Gasteiger partial charge in [0.2, 0.25) is 0 Å². The Morgan fingerprint density at radius 3 is 2.61 bits per heavy atom. The topological polar surface area (TPSA) is 93.9 Å². The molecule has 1 saturated heterocycles. The molecule has 0 radical (unpaired) electrons. The maximum atomic E-state index is 12.2. The quantitative estimate of drug-likeness (QED) is 0.414. The number of hydrogen-bond donors (Lipinski definition) is 1. The highest BCUT2D eigenvalue weighted by Crippen LogP contribution is 2.40. The molecular weight excluding hydrogens is 442 g/mol. The van der Waals surface area contributed by atoms with Crippen molar-refractivity contribution in [1.82, 2.24) is 15.2 Å². The molecule has 1 aromatic carbocycles. The number of ether oxygens (including phenoxy) is 2. The Bertz CT molecular complexity index is 1160. The Balaban J connectivity index is 1.72. The summed E-state index contributed by atoms with van der Waals surface area (Å²) in [6, 6.07) is 15.8. The van der Waals surface area contributed by atoms with Crippen molar-refractivity contribution in [3.8, 4) is 11.3 Å². The van der Waals surface area contributed by atoms with Crippen LogP contribution < -0.4 is 5.32 Å². The number of carbonyl (C=O) groups excluding carboxylic acids is 2. The molecule has 0 spiro atoms. The van der Waals surface area contributed by atoms with Gasteiger partial charge in [-0.05, 0) is 42.5 Å². The molecule has 0 amide bonds. The van der Waals surface area contributed by atoms with E-state index in [2.05, 4.69) is 10.3 Å². The molecule has 0 unspecified atom stereocenters. The van der Waals surface area contributed by atoms with Gasteiger partial charge in [-0.2, -0.15) is 0 Å². The molecule has 3 aromatic rings. The van der Waals surface area contributed by atoms with Crippen LogP contribution in [0.4, 0.5) is 0 Å². The van der Waals surface area contributed by atoms with Gasteiger partial charge in [0.1, 0.15) is 17.6 Å². The Hall–Kier alpha value is -3.72. The van der Waals surface area contributed by atoms with Crippen molar-refractivity contribution in [2.75, 3.05) is 20.8 Å². The second-order valence-corrected chi connectivity index (χ2v) is 7.77. The van der Waals surface area contributed by atoms with Gasteiger partial charge in [0.25, 0.3) is 0 Å². The first-order valence-corrected chi connectivity index (χ1v) is 10.8. The van der Waals surface area contributed by atoms with Gasteiger partial charge in [0.05, 0.1) is 37.9 Å². The average molecular weight is 466 g/mol. The van der Waals surface area contributed by atoms with Crippen LogP contribution in [0.3, 0.4) is 0 Å². The molecule has 2 atom stereocenters. The fourth-order valence-corrected chi connectivity index (χ4v) is 4.24. The molecule has 1 aliphatic heterocycles. The number of pyridine rings is 1. The Labute approximate surface area is 196 Å². The minimum atomic E-state index is -0.446. The molecule has 4 rings (SSSR count). The largest absolute Gasteiger partial charge is 0.469 e. The van der Waals surface area contributed by atoms with E-state index in [-0.39, 0.29) is 24.5 Å². The van der Waals surface area contributed by atoms with E-state index in [1.807, 2.05) is 41.3 Å². The summed E-state index contributed by atoms with van der Waals surface area (Å²) in [5, 5.41) is 3.80. The summed E-state index contributed by atoms with van der Waals surface area (Å²) in [6.45, 7) is 0.348. The maximum Gasteiger partial charge on any atom is 0.338 e. The predicted molar refractivity (Wildman–Crippen MR) is 124 cm³/mol.